The van der Waals surface area contributed by atoms with E-state index >= 15 is 0 Å². The number of halogens is 1. The summed E-state index contributed by atoms with van der Waals surface area (Å²) in [6, 6.07) is 1.44. The van der Waals surface area contributed by atoms with E-state index in [1.165, 1.54) is 26.5 Å². The van der Waals surface area contributed by atoms with Gasteiger partial charge in [-0.15, -0.1) is 0 Å². The van der Waals surface area contributed by atoms with Crippen LogP contribution in [0.25, 0.3) is 0 Å². The lowest BCUT2D eigenvalue weighted by Gasteiger charge is -2.02. The summed E-state index contributed by atoms with van der Waals surface area (Å²) in [6.07, 6.45) is 1.34. The molecule has 0 amide bonds. The largest absolute Gasteiger partial charge is 0.480 e. The molecular weight excluding hydrogens is 194 g/mol. The van der Waals surface area contributed by atoms with Crippen LogP contribution < -0.4 is 4.74 Å². The second-order valence-corrected chi connectivity index (χ2v) is 2.61. The molecule has 0 fully saturated rings. The summed E-state index contributed by atoms with van der Waals surface area (Å²) in [5.74, 6) is -0.189. The van der Waals surface area contributed by atoms with E-state index in [0.717, 1.165) is 0 Å². The third-order valence-electron chi connectivity index (χ3n) is 1.42. The minimum Gasteiger partial charge on any atom is -0.480 e. The van der Waals surface area contributed by atoms with Crippen molar-refractivity contribution in [1.29, 1.82) is 0 Å². The minimum absolute atomic E-state index is 0.283. The summed E-state index contributed by atoms with van der Waals surface area (Å²) in [5, 5.41) is 0.283. The highest BCUT2D eigenvalue weighted by molar-refractivity contribution is 6.32. The Labute approximate surface area is 80.4 Å². The molecule has 0 spiro atoms. The van der Waals surface area contributed by atoms with E-state index in [1.54, 1.807) is 0 Å². The Kier molecular flexibility index (Phi) is 3.08. The Hall–Kier alpha value is -1.29. The number of methoxy groups -OCH3 is 2. The molecule has 0 bridgehead atoms. The fourth-order valence-electron chi connectivity index (χ4n) is 0.805. The van der Waals surface area contributed by atoms with Crippen LogP contribution in [0.15, 0.2) is 12.3 Å². The van der Waals surface area contributed by atoms with Gasteiger partial charge in [-0.25, -0.2) is 9.78 Å². The van der Waals surface area contributed by atoms with Gasteiger partial charge in [0.1, 0.15) is 5.02 Å². The standard InChI is InChI=1S/C8H8ClNO3/c1-12-7-6(9)3-5(4-10-7)8(11)13-2/h3-4H,1-2H3. The summed E-state index contributed by atoms with van der Waals surface area (Å²) < 4.78 is 9.30. The molecule has 0 saturated carbocycles. The normalized spacial score (nSPS) is 9.46. The summed E-state index contributed by atoms with van der Waals surface area (Å²) in [6.45, 7) is 0. The van der Waals surface area contributed by atoms with Gasteiger partial charge < -0.3 is 9.47 Å². The van der Waals surface area contributed by atoms with Crippen molar-refractivity contribution in [2.45, 2.75) is 0 Å². The fourth-order valence-corrected chi connectivity index (χ4v) is 1.05. The van der Waals surface area contributed by atoms with Crippen LogP contribution in [0.4, 0.5) is 0 Å². The summed E-state index contributed by atoms with van der Waals surface area (Å²) >= 11 is 5.74. The first-order chi connectivity index (χ1) is 6.19. The second kappa shape index (κ2) is 4.09. The zero-order chi connectivity index (χ0) is 9.84. The zero-order valence-electron chi connectivity index (χ0n) is 7.20. The lowest BCUT2D eigenvalue weighted by atomic mass is 10.3. The molecule has 4 nitrogen and oxygen atoms in total. The molecule has 13 heavy (non-hydrogen) atoms. The van der Waals surface area contributed by atoms with Crippen LogP contribution in [0, 0.1) is 0 Å². The first kappa shape index (κ1) is 9.80. The van der Waals surface area contributed by atoms with Crippen LogP contribution in [0.5, 0.6) is 5.88 Å². The van der Waals surface area contributed by atoms with E-state index in [0.29, 0.717) is 5.56 Å². The van der Waals surface area contributed by atoms with E-state index in [1.807, 2.05) is 0 Å². The third-order valence-corrected chi connectivity index (χ3v) is 1.69. The smallest absolute Gasteiger partial charge is 0.339 e. The van der Waals surface area contributed by atoms with Crippen molar-refractivity contribution in [3.63, 3.8) is 0 Å². The van der Waals surface area contributed by atoms with Gasteiger partial charge in [0.25, 0.3) is 0 Å². The highest BCUT2D eigenvalue weighted by atomic mass is 35.5. The topological polar surface area (TPSA) is 48.4 Å². The van der Waals surface area contributed by atoms with Gasteiger partial charge in [0.05, 0.1) is 19.8 Å². The van der Waals surface area contributed by atoms with Gasteiger partial charge >= 0.3 is 5.97 Å². The number of esters is 1. The molecule has 0 aliphatic carbocycles. The Bertz CT molecular complexity index is 327. The average Bonchev–Trinajstić information content (AvgIpc) is 2.16. The third kappa shape index (κ3) is 2.09. The molecule has 5 heteroatoms. The van der Waals surface area contributed by atoms with Crippen LogP contribution >= 0.6 is 11.6 Å². The van der Waals surface area contributed by atoms with E-state index in [9.17, 15) is 4.79 Å². The van der Waals surface area contributed by atoms with E-state index in [2.05, 4.69) is 9.72 Å². The van der Waals surface area contributed by atoms with Gasteiger partial charge in [0, 0.05) is 6.20 Å². The van der Waals surface area contributed by atoms with Crippen LogP contribution in [-0.4, -0.2) is 25.2 Å². The molecule has 0 N–H and O–H groups in total. The fraction of sp³-hybridized carbons (Fsp3) is 0.250. The van der Waals surface area contributed by atoms with Crippen molar-refractivity contribution < 1.29 is 14.3 Å². The van der Waals surface area contributed by atoms with Crippen LogP contribution in [0.3, 0.4) is 0 Å². The maximum absolute atomic E-state index is 11.0. The predicted octanol–water partition coefficient (Wildman–Crippen LogP) is 1.53. The molecular formula is C8H8ClNO3. The van der Waals surface area contributed by atoms with Gasteiger partial charge in [-0.05, 0) is 6.07 Å². The van der Waals surface area contributed by atoms with Crippen molar-refractivity contribution in [2.75, 3.05) is 14.2 Å². The number of carbonyl (C=O) groups is 1. The number of hydrogen-bond acceptors (Lipinski definition) is 4. The summed E-state index contributed by atoms with van der Waals surface area (Å²) in [7, 11) is 2.74. The van der Waals surface area contributed by atoms with Crippen LogP contribution in [0.2, 0.25) is 5.02 Å². The molecule has 1 rings (SSSR count). The second-order valence-electron chi connectivity index (χ2n) is 2.21. The maximum atomic E-state index is 11.0. The van der Waals surface area contributed by atoms with Gasteiger partial charge in [-0.2, -0.15) is 0 Å². The van der Waals surface area contributed by atoms with Crippen LogP contribution in [0.1, 0.15) is 10.4 Å². The Morgan fingerprint density at radius 3 is 2.69 bits per heavy atom. The van der Waals surface area contributed by atoms with Crippen molar-refractivity contribution >= 4 is 17.6 Å². The van der Waals surface area contributed by atoms with Gasteiger partial charge in [0.15, 0.2) is 0 Å². The molecule has 0 aliphatic heterocycles. The monoisotopic (exact) mass is 201 g/mol. The number of aromatic nitrogens is 1. The Morgan fingerprint density at radius 1 is 1.54 bits per heavy atom. The lowest BCUT2D eigenvalue weighted by molar-refractivity contribution is 0.0600. The van der Waals surface area contributed by atoms with E-state index in [-0.39, 0.29) is 10.9 Å². The summed E-state index contributed by atoms with van der Waals surface area (Å²) in [5.41, 5.74) is 0.299. The molecule has 1 aromatic rings. The maximum Gasteiger partial charge on any atom is 0.339 e. The molecule has 0 saturated heterocycles. The number of ether oxygens (including phenoxy) is 2. The SMILES string of the molecule is COC(=O)c1cnc(OC)c(Cl)c1. The summed E-state index contributed by atoms with van der Waals surface area (Å²) in [4.78, 5) is 14.8. The highest BCUT2D eigenvalue weighted by Crippen LogP contribution is 2.21. The molecule has 0 aromatic carbocycles. The van der Waals surface area contributed by atoms with Crippen molar-refractivity contribution in [3.05, 3.63) is 22.8 Å². The highest BCUT2D eigenvalue weighted by Gasteiger charge is 2.09. The molecule has 0 radical (unpaired) electrons. The molecule has 70 valence electrons. The van der Waals surface area contributed by atoms with Crippen molar-refractivity contribution in [3.8, 4) is 5.88 Å². The average molecular weight is 202 g/mol. The number of nitrogens with zero attached hydrogens (tertiary/aromatic N) is 1. The van der Waals surface area contributed by atoms with Gasteiger partial charge in [0.2, 0.25) is 5.88 Å². The Morgan fingerprint density at radius 2 is 2.23 bits per heavy atom. The van der Waals surface area contributed by atoms with E-state index < -0.39 is 5.97 Å². The van der Waals surface area contributed by atoms with E-state index in [4.69, 9.17) is 16.3 Å². The number of rotatable bonds is 2. The van der Waals surface area contributed by atoms with Crippen molar-refractivity contribution in [2.24, 2.45) is 0 Å². The van der Waals surface area contributed by atoms with Gasteiger partial charge in [-0.3, -0.25) is 0 Å². The minimum atomic E-state index is -0.475. The molecule has 0 aliphatic rings. The van der Waals surface area contributed by atoms with Gasteiger partial charge in [-0.1, -0.05) is 11.6 Å². The first-order valence-electron chi connectivity index (χ1n) is 3.47. The quantitative estimate of drug-likeness (QED) is 0.681. The lowest BCUT2D eigenvalue weighted by Crippen LogP contribution is -2.02. The van der Waals surface area contributed by atoms with Crippen molar-refractivity contribution in [1.82, 2.24) is 4.98 Å². The van der Waals surface area contributed by atoms with Crippen LogP contribution in [-0.2, 0) is 4.74 Å². The first-order valence-corrected chi connectivity index (χ1v) is 3.84. The molecule has 1 heterocycles. The molecule has 0 atom stereocenters. The number of hydrogen-bond donors (Lipinski definition) is 0. The Balaban J connectivity index is 3.02. The predicted molar refractivity (Wildman–Crippen MR) is 47.1 cm³/mol. The molecule has 1 aromatic heterocycles. The zero-order valence-corrected chi connectivity index (χ0v) is 7.96. The number of carbonyl (C=O) groups excluding carboxylic acids is 1. The molecule has 0 unspecified atom stereocenters. The number of pyridine rings is 1.